The van der Waals surface area contributed by atoms with E-state index in [-0.39, 0.29) is 18.0 Å². The molecule has 7 heteroatoms. The first-order valence-electron chi connectivity index (χ1n) is 10.4. The second-order valence-corrected chi connectivity index (χ2v) is 8.74. The number of amides is 1. The largest absolute Gasteiger partial charge is 0.353 e. The zero-order valence-corrected chi connectivity index (χ0v) is 17.6. The SMILES string of the molecule is CCC(=O)N[C@H]1CCC(n2nncc2-c2ccc(-c3nc4ccccc4s3)cc2)C1. The van der Waals surface area contributed by atoms with Crippen LogP contribution in [0.4, 0.5) is 0 Å². The third-order valence-electron chi connectivity index (χ3n) is 5.73. The van der Waals surface area contributed by atoms with E-state index in [0.29, 0.717) is 6.42 Å². The molecule has 30 heavy (non-hydrogen) atoms. The monoisotopic (exact) mass is 417 g/mol. The number of aromatic nitrogens is 4. The smallest absolute Gasteiger partial charge is 0.219 e. The second-order valence-electron chi connectivity index (χ2n) is 7.71. The molecule has 1 unspecified atom stereocenters. The van der Waals surface area contributed by atoms with Gasteiger partial charge in [0, 0.05) is 23.6 Å². The Hall–Kier alpha value is -3.06. The highest BCUT2D eigenvalue weighted by Crippen LogP contribution is 2.34. The summed E-state index contributed by atoms with van der Waals surface area (Å²) in [5.41, 5.74) is 4.25. The van der Waals surface area contributed by atoms with E-state index in [0.717, 1.165) is 46.6 Å². The van der Waals surface area contributed by atoms with Gasteiger partial charge in [-0.05, 0) is 31.4 Å². The van der Waals surface area contributed by atoms with Crippen LogP contribution in [0.2, 0.25) is 0 Å². The first-order valence-corrected chi connectivity index (χ1v) is 11.2. The third kappa shape index (κ3) is 3.61. The highest BCUT2D eigenvalue weighted by molar-refractivity contribution is 7.21. The van der Waals surface area contributed by atoms with Crippen LogP contribution >= 0.6 is 11.3 Å². The van der Waals surface area contributed by atoms with Gasteiger partial charge in [0.05, 0.1) is 28.1 Å². The molecular formula is C23H23N5OS. The van der Waals surface area contributed by atoms with E-state index in [4.69, 9.17) is 4.98 Å². The standard InChI is InChI=1S/C23H23N5OS/c1-2-22(29)25-17-11-12-18(13-17)28-20(14-24-27-28)15-7-9-16(10-8-15)23-26-19-5-3-4-6-21(19)30-23/h3-10,14,17-18H,2,11-13H2,1H3,(H,25,29)/t17-,18?/m0/s1. The van der Waals surface area contributed by atoms with Crippen LogP contribution in [0.3, 0.4) is 0 Å². The number of nitrogens with one attached hydrogen (secondary N) is 1. The van der Waals surface area contributed by atoms with Crippen molar-refractivity contribution in [3.05, 3.63) is 54.7 Å². The summed E-state index contributed by atoms with van der Waals surface area (Å²) in [7, 11) is 0. The summed E-state index contributed by atoms with van der Waals surface area (Å²) in [5, 5.41) is 12.7. The zero-order chi connectivity index (χ0) is 20.5. The van der Waals surface area contributed by atoms with Gasteiger partial charge in [0.2, 0.25) is 5.91 Å². The van der Waals surface area contributed by atoms with Gasteiger partial charge in [-0.1, -0.05) is 48.5 Å². The number of thiazole rings is 1. The van der Waals surface area contributed by atoms with Crippen molar-refractivity contribution in [2.45, 2.75) is 44.7 Å². The van der Waals surface area contributed by atoms with Crippen LogP contribution in [0.1, 0.15) is 38.6 Å². The summed E-state index contributed by atoms with van der Waals surface area (Å²) in [6.45, 7) is 1.88. The highest BCUT2D eigenvalue weighted by atomic mass is 32.1. The summed E-state index contributed by atoms with van der Waals surface area (Å²) in [5.74, 6) is 0.116. The van der Waals surface area contributed by atoms with Crippen LogP contribution in [-0.2, 0) is 4.79 Å². The Balaban J connectivity index is 1.36. The fraction of sp³-hybridized carbons (Fsp3) is 0.304. The number of fused-ring (bicyclic) bond motifs is 1. The number of para-hydroxylation sites is 1. The fourth-order valence-electron chi connectivity index (χ4n) is 4.14. The molecule has 0 bridgehead atoms. The Kier molecular flexibility index (Phi) is 5.04. The Labute approximate surface area is 179 Å². The molecule has 0 radical (unpaired) electrons. The van der Waals surface area contributed by atoms with Gasteiger partial charge in [-0.3, -0.25) is 4.79 Å². The maximum atomic E-state index is 11.7. The molecule has 1 N–H and O–H groups in total. The van der Waals surface area contributed by atoms with Gasteiger partial charge >= 0.3 is 0 Å². The van der Waals surface area contributed by atoms with Crippen molar-refractivity contribution < 1.29 is 4.79 Å². The van der Waals surface area contributed by atoms with E-state index in [1.807, 2.05) is 36.0 Å². The van der Waals surface area contributed by atoms with Crippen LogP contribution < -0.4 is 5.32 Å². The molecule has 5 rings (SSSR count). The van der Waals surface area contributed by atoms with Gasteiger partial charge in [-0.15, -0.1) is 16.4 Å². The van der Waals surface area contributed by atoms with E-state index >= 15 is 0 Å². The average Bonchev–Trinajstić information content (AvgIpc) is 3.52. The van der Waals surface area contributed by atoms with Gasteiger partial charge in [-0.2, -0.15) is 0 Å². The fourth-order valence-corrected chi connectivity index (χ4v) is 5.11. The molecule has 1 aliphatic carbocycles. The molecule has 1 saturated carbocycles. The number of benzene rings is 2. The maximum Gasteiger partial charge on any atom is 0.219 e. The van der Waals surface area contributed by atoms with Crippen molar-refractivity contribution in [2.75, 3.05) is 0 Å². The Morgan fingerprint density at radius 2 is 1.93 bits per heavy atom. The lowest BCUT2D eigenvalue weighted by atomic mass is 10.1. The van der Waals surface area contributed by atoms with E-state index in [9.17, 15) is 4.79 Å². The molecule has 4 aromatic rings. The minimum absolute atomic E-state index is 0.116. The summed E-state index contributed by atoms with van der Waals surface area (Å²) in [6, 6.07) is 17.1. The minimum Gasteiger partial charge on any atom is -0.353 e. The molecule has 152 valence electrons. The van der Waals surface area contributed by atoms with Gasteiger partial charge in [-0.25, -0.2) is 9.67 Å². The number of carbonyl (C=O) groups is 1. The highest BCUT2D eigenvalue weighted by Gasteiger charge is 2.29. The first-order chi connectivity index (χ1) is 14.7. The molecule has 2 atom stereocenters. The first kappa shape index (κ1) is 18.9. The Morgan fingerprint density at radius 3 is 2.73 bits per heavy atom. The van der Waals surface area contributed by atoms with Gasteiger partial charge in [0.25, 0.3) is 0 Å². The molecule has 1 fully saturated rings. The molecule has 0 spiro atoms. The number of hydrogen-bond acceptors (Lipinski definition) is 5. The molecule has 2 aromatic carbocycles. The molecule has 0 saturated heterocycles. The van der Waals surface area contributed by atoms with Crippen molar-refractivity contribution in [3.63, 3.8) is 0 Å². The molecule has 2 aromatic heterocycles. The van der Waals surface area contributed by atoms with Crippen LogP contribution in [-0.4, -0.2) is 31.9 Å². The number of rotatable bonds is 5. The lowest BCUT2D eigenvalue weighted by molar-refractivity contribution is -0.121. The maximum absolute atomic E-state index is 11.7. The van der Waals surface area contributed by atoms with Crippen LogP contribution in [0.25, 0.3) is 32.0 Å². The summed E-state index contributed by atoms with van der Waals surface area (Å²) < 4.78 is 3.22. The zero-order valence-electron chi connectivity index (χ0n) is 16.8. The topological polar surface area (TPSA) is 72.7 Å². The normalized spacial score (nSPS) is 18.7. The summed E-state index contributed by atoms with van der Waals surface area (Å²) in [4.78, 5) is 16.5. The molecule has 6 nitrogen and oxygen atoms in total. The van der Waals surface area contributed by atoms with E-state index < -0.39 is 0 Å². The minimum atomic E-state index is 0.116. The molecule has 1 aliphatic rings. The van der Waals surface area contributed by atoms with Crippen molar-refractivity contribution in [1.82, 2.24) is 25.3 Å². The third-order valence-corrected chi connectivity index (χ3v) is 6.82. The predicted molar refractivity (Wildman–Crippen MR) is 119 cm³/mol. The lowest BCUT2D eigenvalue weighted by Crippen LogP contribution is -2.32. The Bertz CT molecular complexity index is 1150. The van der Waals surface area contributed by atoms with E-state index in [1.165, 1.54) is 4.70 Å². The molecule has 2 heterocycles. The molecule has 1 amide bonds. The predicted octanol–water partition coefficient (Wildman–Crippen LogP) is 4.84. The lowest BCUT2D eigenvalue weighted by Gasteiger charge is -2.15. The van der Waals surface area contributed by atoms with E-state index in [1.54, 1.807) is 11.3 Å². The number of carbonyl (C=O) groups excluding carboxylic acids is 1. The van der Waals surface area contributed by atoms with Crippen molar-refractivity contribution in [2.24, 2.45) is 0 Å². The molecule has 0 aliphatic heterocycles. The van der Waals surface area contributed by atoms with Crippen LogP contribution in [0.15, 0.2) is 54.7 Å². The summed E-state index contributed by atoms with van der Waals surface area (Å²) >= 11 is 1.71. The average molecular weight is 418 g/mol. The summed E-state index contributed by atoms with van der Waals surface area (Å²) in [6.07, 6.45) is 5.22. The molecular weight excluding hydrogens is 394 g/mol. The van der Waals surface area contributed by atoms with Gasteiger partial charge < -0.3 is 5.32 Å². The van der Waals surface area contributed by atoms with Gasteiger partial charge in [0.1, 0.15) is 5.01 Å². The number of hydrogen-bond donors (Lipinski definition) is 1. The second kappa shape index (κ2) is 7.99. The van der Waals surface area contributed by atoms with Crippen LogP contribution in [0.5, 0.6) is 0 Å². The van der Waals surface area contributed by atoms with Crippen LogP contribution in [0, 0.1) is 0 Å². The van der Waals surface area contributed by atoms with E-state index in [2.05, 4.69) is 46.0 Å². The van der Waals surface area contributed by atoms with Crippen molar-refractivity contribution in [1.29, 1.82) is 0 Å². The van der Waals surface area contributed by atoms with Crippen molar-refractivity contribution >= 4 is 27.5 Å². The number of nitrogens with zero attached hydrogens (tertiary/aromatic N) is 4. The van der Waals surface area contributed by atoms with Gasteiger partial charge in [0.15, 0.2) is 0 Å². The Morgan fingerprint density at radius 1 is 1.13 bits per heavy atom. The quantitative estimate of drug-likeness (QED) is 0.504. The van der Waals surface area contributed by atoms with Crippen molar-refractivity contribution in [3.8, 4) is 21.8 Å².